The molecule has 22 heavy (non-hydrogen) atoms. The van der Waals surface area contributed by atoms with Gasteiger partial charge in [-0.3, -0.25) is 9.69 Å². The molecular weight excluding hydrogens is 283 g/mol. The van der Waals surface area contributed by atoms with Gasteiger partial charge < -0.3 is 5.32 Å². The summed E-state index contributed by atoms with van der Waals surface area (Å²) in [5.74, 6) is -0.303. The lowest BCUT2D eigenvalue weighted by molar-refractivity contribution is -0.122. The first-order valence-electron chi connectivity index (χ1n) is 7.28. The summed E-state index contributed by atoms with van der Waals surface area (Å²) in [5.41, 5.74) is 1.67. The van der Waals surface area contributed by atoms with Crippen LogP contribution in [0.4, 0.5) is 4.39 Å². The smallest absolute Gasteiger partial charge is 0.234 e. The molecule has 1 N–H and O–H groups in total. The lowest BCUT2D eigenvalue weighted by Gasteiger charge is -2.16. The number of amides is 1. The molecule has 1 heterocycles. The van der Waals surface area contributed by atoms with Crippen LogP contribution in [0.3, 0.4) is 0 Å². The third-order valence-electron chi connectivity index (χ3n) is 3.52. The van der Waals surface area contributed by atoms with Gasteiger partial charge >= 0.3 is 0 Å². The van der Waals surface area contributed by atoms with Crippen molar-refractivity contribution in [2.75, 3.05) is 20.1 Å². The number of nitrogens with zero attached hydrogens (tertiary/aromatic N) is 3. The Labute approximate surface area is 129 Å². The highest BCUT2D eigenvalue weighted by atomic mass is 19.1. The molecule has 6 heteroatoms. The second-order valence-electron chi connectivity index (χ2n) is 5.31. The minimum atomic E-state index is -0.281. The van der Waals surface area contributed by atoms with E-state index in [0.717, 1.165) is 17.8 Å². The van der Waals surface area contributed by atoms with Crippen molar-refractivity contribution in [3.63, 3.8) is 0 Å². The molecule has 5 nitrogen and oxygen atoms in total. The largest absolute Gasteiger partial charge is 0.348 e. The van der Waals surface area contributed by atoms with Crippen LogP contribution in [0.5, 0.6) is 0 Å². The van der Waals surface area contributed by atoms with Crippen molar-refractivity contribution in [2.45, 2.75) is 19.9 Å². The van der Waals surface area contributed by atoms with Gasteiger partial charge in [0, 0.05) is 11.8 Å². The summed E-state index contributed by atoms with van der Waals surface area (Å²) in [5, 5.41) is 7.20. The first-order valence-corrected chi connectivity index (χ1v) is 7.28. The van der Waals surface area contributed by atoms with E-state index in [4.69, 9.17) is 0 Å². The van der Waals surface area contributed by atoms with E-state index in [-0.39, 0.29) is 17.8 Å². The molecule has 1 unspecified atom stereocenters. The lowest BCUT2D eigenvalue weighted by atomic mass is 10.2. The maximum atomic E-state index is 12.9. The number of benzene rings is 1. The number of hydrogen-bond donors (Lipinski definition) is 1. The Kier molecular flexibility index (Phi) is 5.27. The zero-order valence-corrected chi connectivity index (χ0v) is 13.1. The van der Waals surface area contributed by atoms with E-state index in [0.29, 0.717) is 6.54 Å². The van der Waals surface area contributed by atoms with E-state index < -0.39 is 0 Å². The predicted molar refractivity (Wildman–Crippen MR) is 83.3 cm³/mol. The molecule has 0 aliphatic carbocycles. The van der Waals surface area contributed by atoms with Crippen LogP contribution in [-0.4, -0.2) is 40.7 Å². The van der Waals surface area contributed by atoms with E-state index >= 15 is 0 Å². The van der Waals surface area contributed by atoms with E-state index in [1.807, 2.05) is 32.0 Å². The SMILES string of the molecule is CCN(C)CC(=O)NC(C)c1cnn(-c2ccc(F)cc2)c1. The average molecular weight is 304 g/mol. The summed E-state index contributed by atoms with van der Waals surface area (Å²) in [7, 11) is 1.90. The van der Waals surface area contributed by atoms with E-state index in [1.165, 1.54) is 12.1 Å². The molecule has 0 radical (unpaired) electrons. The number of hydrogen-bond acceptors (Lipinski definition) is 3. The molecule has 0 aliphatic rings. The fourth-order valence-corrected chi connectivity index (χ4v) is 2.02. The minimum absolute atomic E-state index is 0.0219. The number of nitrogens with one attached hydrogen (secondary N) is 1. The summed E-state index contributed by atoms with van der Waals surface area (Å²) in [6.45, 7) is 5.11. The van der Waals surface area contributed by atoms with Crippen molar-refractivity contribution in [1.29, 1.82) is 0 Å². The van der Waals surface area contributed by atoms with Crippen molar-refractivity contribution in [3.05, 3.63) is 48.0 Å². The van der Waals surface area contributed by atoms with E-state index in [9.17, 15) is 9.18 Å². The monoisotopic (exact) mass is 304 g/mol. The van der Waals surface area contributed by atoms with Gasteiger partial charge in [0.25, 0.3) is 0 Å². The highest BCUT2D eigenvalue weighted by Gasteiger charge is 2.13. The fraction of sp³-hybridized carbons (Fsp3) is 0.375. The van der Waals surface area contributed by atoms with Crippen molar-refractivity contribution >= 4 is 5.91 Å². The van der Waals surface area contributed by atoms with E-state index in [1.54, 1.807) is 23.0 Å². The lowest BCUT2D eigenvalue weighted by Crippen LogP contribution is -2.36. The van der Waals surface area contributed by atoms with Crippen LogP contribution in [0, 0.1) is 5.82 Å². The maximum absolute atomic E-state index is 12.9. The van der Waals surface area contributed by atoms with Gasteiger partial charge in [-0.2, -0.15) is 5.10 Å². The summed E-state index contributed by atoms with van der Waals surface area (Å²) in [6.07, 6.45) is 3.54. The van der Waals surface area contributed by atoms with Crippen LogP contribution in [-0.2, 0) is 4.79 Å². The molecule has 0 saturated carbocycles. The Morgan fingerprint density at radius 2 is 2.09 bits per heavy atom. The second-order valence-corrected chi connectivity index (χ2v) is 5.31. The number of carbonyl (C=O) groups is 1. The van der Waals surface area contributed by atoms with Crippen LogP contribution < -0.4 is 5.32 Å². The fourth-order valence-electron chi connectivity index (χ4n) is 2.02. The molecule has 1 aromatic heterocycles. The maximum Gasteiger partial charge on any atom is 0.234 e. The van der Waals surface area contributed by atoms with Gasteiger partial charge in [0.05, 0.1) is 24.5 Å². The number of aromatic nitrogens is 2. The standard InChI is InChI=1S/C16H21FN4O/c1-4-20(3)11-16(22)19-12(2)13-9-18-21(10-13)15-7-5-14(17)6-8-15/h5-10,12H,4,11H2,1-3H3,(H,19,22). The van der Waals surface area contributed by atoms with Crippen molar-refractivity contribution in [3.8, 4) is 5.69 Å². The normalized spacial score (nSPS) is 12.4. The first kappa shape index (κ1) is 16.2. The highest BCUT2D eigenvalue weighted by Crippen LogP contribution is 2.14. The molecule has 0 spiro atoms. The molecule has 2 rings (SSSR count). The van der Waals surface area contributed by atoms with Crippen LogP contribution >= 0.6 is 0 Å². The van der Waals surface area contributed by atoms with Crippen LogP contribution in [0.15, 0.2) is 36.7 Å². The Bertz CT molecular complexity index is 623. The summed E-state index contributed by atoms with van der Waals surface area (Å²) in [6, 6.07) is 5.97. The van der Waals surface area contributed by atoms with Gasteiger partial charge in [-0.25, -0.2) is 9.07 Å². The van der Waals surface area contributed by atoms with Gasteiger partial charge in [-0.15, -0.1) is 0 Å². The van der Waals surface area contributed by atoms with Crippen molar-refractivity contribution in [2.24, 2.45) is 0 Å². The minimum Gasteiger partial charge on any atom is -0.348 e. The van der Waals surface area contributed by atoms with Crippen molar-refractivity contribution in [1.82, 2.24) is 20.0 Å². The third kappa shape index (κ3) is 4.14. The molecule has 118 valence electrons. The molecule has 0 bridgehead atoms. The van der Waals surface area contributed by atoms with Crippen LogP contribution in [0.25, 0.3) is 5.69 Å². The number of rotatable bonds is 6. The van der Waals surface area contributed by atoms with Crippen molar-refractivity contribution < 1.29 is 9.18 Å². The Balaban J connectivity index is 2.01. The Hall–Kier alpha value is -2.21. The Morgan fingerprint density at radius 3 is 2.73 bits per heavy atom. The van der Waals surface area contributed by atoms with Gasteiger partial charge in [0.15, 0.2) is 0 Å². The summed E-state index contributed by atoms with van der Waals surface area (Å²) >= 11 is 0. The molecule has 2 aromatic rings. The number of carbonyl (C=O) groups excluding carboxylic acids is 1. The van der Waals surface area contributed by atoms with Gasteiger partial charge in [-0.1, -0.05) is 6.92 Å². The third-order valence-corrected chi connectivity index (χ3v) is 3.52. The summed E-state index contributed by atoms with van der Waals surface area (Å²) < 4.78 is 14.6. The molecule has 1 atom stereocenters. The predicted octanol–water partition coefficient (Wildman–Crippen LogP) is 2.14. The van der Waals surface area contributed by atoms with Gasteiger partial charge in [0.2, 0.25) is 5.91 Å². The zero-order chi connectivity index (χ0) is 16.1. The topological polar surface area (TPSA) is 50.2 Å². The van der Waals surface area contributed by atoms with Gasteiger partial charge in [0.1, 0.15) is 5.82 Å². The van der Waals surface area contributed by atoms with Crippen LogP contribution in [0.1, 0.15) is 25.5 Å². The molecule has 0 fully saturated rings. The zero-order valence-electron chi connectivity index (χ0n) is 13.1. The Morgan fingerprint density at radius 1 is 1.41 bits per heavy atom. The second kappa shape index (κ2) is 7.17. The van der Waals surface area contributed by atoms with E-state index in [2.05, 4.69) is 10.4 Å². The van der Waals surface area contributed by atoms with Gasteiger partial charge in [-0.05, 0) is 44.8 Å². The molecule has 0 aliphatic heterocycles. The first-order chi connectivity index (χ1) is 10.5. The molecule has 1 aromatic carbocycles. The molecule has 1 amide bonds. The quantitative estimate of drug-likeness (QED) is 0.889. The molecular formula is C16H21FN4O. The number of halogens is 1. The molecule has 0 saturated heterocycles. The highest BCUT2D eigenvalue weighted by molar-refractivity contribution is 5.78. The average Bonchev–Trinajstić information content (AvgIpc) is 2.97. The number of likely N-dealkylation sites (N-methyl/N-ethyl adjacent to an activating group) is 1. The van der Waals surface area contributed by atoms with Crippen LogP contribution in [0.2, 0.25) is 0 Å². The summed E-state index contributed by atoms with van der Waals surface area (Å²) in [4.78, 5) is 13.8.